The minimum atomic E-state index is -1.88. The zero-order chi connectivity index (χ0) is 37.1. The first-order valence-corrected chi connectivity index (χ1v) is 14.7. The van der Waals surface area contributed by atoms with Crippen molar-refractivity contribution in [3.63, 3.8) is 0 Å². The summed E-state index contributed by atoms with van der Waals surface area (Å²) in [5.74, 6) is -11.6. The molecule has 0 unspecified atom stereocenters. The number of hydrogen-bond donors (Lipinski definition) is 13. The quantitative estimate of drug-likeness (QED) is 0.0415. The van der Waals surface area contributed by atoms with Crippen molar-refractivity contribution in [3.05, 3.63) is 0 Å². The molecule has 0 heterocycles. The molecular weight excluding hydrogens is 666 g/mol. The molecule has 0 fully saturated rings. The Morgan fingerprint density at radius 2 is 0.917 bits per heavy atom. The highest BCUT2D eigenvalue weighted by molar-refractivity contribution is 7.80. The van der Waals surface area contributed by atoms with E-state index < -0.39 is 134 Å². The molecule has 0 bridgehead atoms. The van der Waals surface area contributed by atoms with Gasteiger partial charge in [-0.3, -0.25) is 43.2 Å². The van der Waals surface area contributed by atoms with Crippen LogP contribution in [-0.4, -0.2) is 123 Å². The van der Waals surface area contributed by atoms with E-state index in [1.54, 1.807) is 0 Å². The number of carboxylic acid groups (broad SMARTS) is 2. The van der Waals surface area contributed by atoms with Gasteiger partial charge in [-0.2, -0.15) is 12.6 Å². The van der Waals surface area contributed by atoms with Gasteiger partial charge in [0.25, 0.3) is 0 Å². The fourth-order valence-corrected chi connectivity index (χ4v) is 3.86. The number of nitrogens with two attached hydrogens (primary N) is 4. The standard InChI is InChI=1S/C25H41N9O13S/c26-10(9-48)20(41)30-11(1-4-16(27)36)21(42)31-12(2-5-17(28)37)22(43)34-15(8-35)24(45)33-14(7-18(29)38)23(44)32-13(25(46)47)3-6-19(39)40/h10-15,35,48H,1-9,26H2,(H2,27,36)(H2,28,37)(H2,29,38)(H,30,41)(H,31,42)(H,32,44)(H,33,45)(H,34,43)(H,39,40)(H,46,47)/t10-,11-,12-,13-,14-,15-/m0/s1. The molecule has 0 aliphatic rings. The molecule has 23 heteroatoms. The topological polar surface area (TPSA) is 396 Å². The fraction of sp³-hybridized carbons (Fsp3) is 0.600. The van der Waals surface area contributed by atoms with Crippen LogP contribution in [-0.2, 0) is 47.9 Å². The van der Waals surface area contributed by atoms with Crippen LogP contribution >= 0.6 is 12.6 Å². The Balaban J connectivity index is 5.98. The number of hydrogen-bond acceptors (Lipinski definition) is 13. The molecule has 0 aromatic rings. The predicted octanol–water partition coefficient (Wildman–Crippen LogP) is -6.98. The van der Waals surface area contributed by atoms with Gasteiger partial charge in [-0.15, -0.1) is 0 Å². The summed E-state index contributed by atoms with van der Waals surface area (Å²) >= 11 is 3.89. The van der Waals surface area contributed by atoms with Gasteiger partial charge in [0.05, 0.1) is 19.1 Å². The molecule has 0 aromatic heterocycles. The monoisotopic (exact) mass is 707 g/mol. The van der Waals surface area contributed by atoms with Gasteiger partial charge in [-0.05, 0) is 19.3 Å². The maximum absolute atomic E-state index is 13.1. The number of rotatable bonds is 24. The molecule has 0 saturated carbocycles. The van der Waals surface area contributed by atoms with E-state index in [4.69, 9.17) is 28.0 Å². The minimum Gasteiger partial charge on any atom is -0.481 e. The summed E-state index contributed by atoms with van der Waals surface area (Å²) in [5.41, 5.74) is 21.0. The minimum absolute atomic E-state index is 0.114. The summed E-state index contributed by atoms with van der Waals surface area (Å²) in [5, 5.41) is 38.5. The van der Waals surface area contributed by atoms with Gasteiger partial charge >= 0.3 is 11.9 Å². The van der Waals surface area contributed by atoms with Crippen molar-refractivity contribution in [1.29, 1.82) is 0 Å². The molecule has 0 radical (unpaired) electrons. The predicted molar refractivity (Wildman–Crippen MR) is 164 cm³/mol. The van der Waals surface area contributed by atoms with Crippen molar-refractivity contribution in [2.24, 2.45) is 22.9 Å². The number of carbonyl (C=O) groups is 10. The summed E-state index contributed by atoms with van der Waals surface area (Å²) in [4.78, 5) is 121. The molecule has 0 rings (SSSR count). The Morgan fingerprint density at radius 1 is 0.542 bits per heavy atom. The van der Waals surface area contributed by atoms with Crippen LogP contribution in [0.1, 0.15) is 44.9 Å². The summed E-state index contributed by atoms with van der Waals surface area (Å²) in [6, 6.07) is -9.74. The fourth-order valence-electron chi connectivity index (χ4n) is 3.69. The smallest absolute Gasteiger partial charge is 0.326 e. The third-order valence-electron chi connectivity index (χ3n) is 6.27. The van der Waals surface area contributed by atoms with Gasteiger partial charge in [-0.1, -0.05) is 0 Å². The molecular formula is C25H41N9O13S. The summed E-state index contributed by atoms with van der Waals surface area (Å²) in [6.45, 7) is -1.13. The maximum atomic E-state index is 13.1. The highest BCUT2D eigenvalue weighted by atomic mass is 32.1. The third-order valence-corrected chi connectivity index (χ3v) is 6.67. The number of aliphatic hydroxyl groups is 1. The van der Waals surface area contributed by atoms with E-state index in [2.05, 4.69) is 28.6 Å². The Labute approximate surface area is 278 Å². The lowest BCUT2D eigenvalue weighted by Gasteiger charge is -2.26. The van der Waals surface area contributed by atoms with Crippen LogP contribution in [0.2, 0.25) is 0 Å². The van der Waals surface area contributed by atoms with Crippen molar-refractivity contribution in [2.75, 3.05) is 12.4 Å². The van der Waals surface area contributed by atoms with E-state index in [0.29, 0.717) is 0 Å². The van der Waals surface area contributed by atoms with Crippen LogP contribution in [0.3, 0.4) is 0 Å². The average molecular weight is 708 g/mol. The molecule has 48 heavy (non-hydrogen) atoms. The molecule has 6 atom stereocenters. The molecule has 0 aromatic carbocycles. The van der Waals surface area contributed by atoms with E-state index >= 15 is 0 Å². The third kappa shape index (κ3) is 17.0. The lowest BCUT2D eigenvalue weighted by Crippen LogP contribution is -2.60. The maximum Gasteiger partial charge on any atom is 0.326 e. The van der Waals surface area contributed by atoms with Crippen LogP contribution in [0.25, 0.3) is 0 Å². The zero-order valence-corrected chi connectivity index (χ0v) is 26.4. The van der Waals surface area contributed by atoms with Crippen LogP contribution < -0.4 is 49.5 Å². The number of primary amides is 3. The van der Waals surface area contributed by atoms with E-state index in [1.165, 1.54) is 0 Å². The number of carboxylic acids is 2. The van der Waals surface area contributed by atoms with Gasteiger partial charge in [0.1, 0.15) is 30.2 Å². The SMILES string of the molecule is NC(=O)CC[C@H](NC(=O)[C@H](CCC(N)=O)NC(=O)[C@@H](N)CS)C(=O)N[C@@H](CO)C(=O)N[C@@H](CC(N)=O)C(=O)N[C@@H](CCC(=O)O)C(=O)O. The van der Waals surface area contributed by atoms with Crippen molar-refractivity contribution < 1.29 is 63.3 Å². The molecule has 0 aliphatic heterocycles. The van der Waals surface area contributed by atoms with Gasteiger partial charge in [0, 0.05) is 25.0 Å². The molecule has 270 valence electrons. The first-order valence-electron chi connectivity index (χ1n) is 14.1. The first-order chi connectivity index (χ1) is 22.3. The van der Waals surface area contributed by atoms with E-state index in [1.807, 2.05) is 10.6 Å². The second-order valence-electron chi connectivity index (χ2n) is 10.2. The van der Waals surface area contributed by atoms with E-state index in [-0.39, 0.29) is 18.6 Å². The number of nitrogens with one attached hydrogen (secondary N) is 5. The van der Waals surface area contributed by atoms with Crippen molar-refractivity contribution in [2.45, 2.75) is 81.2 Å². The lowest BCUT2D eigenvalue weighted by molar-refractivity contribution is -0.143. The highest BCUT2D eigenvalue weighted by Gasteiger charge is 2.33. The van der Waals surface area contributed by atoms with Gasteiger partial charge in [-0.25, -0.2) is 4.79 Å². The van der Waals surface area contributed by atoms with Gasteiger partial charge in [0.2, 0.25) is 47.3 Å². The molecule has 22 nitrogen and oxygen atoms in total. The van der Waals surface area contributed by atoms with Gasteiger partial charge < -0.3 is 64.8 Å². The number of aliphatic hydroxyl groups excluding tert-OH is 1. The van der Waals surface area contributed by atoms with E-state index in [0.717, 1.165) is 0 Å². The molecule has 16 N–H and O–H groups in total. The Bertz CT molecular complexity index is 1240. The largest absolute Gasteiger partial charge is 0.481 e. The van der Waals surface area contributed by atoms with Gasteiger partial charge in [0.15, 0.2) is 0 Å². The number of carbonyl (C=O) groups excluding carboxylic acids is 8. The van der Waals surface area contributed by atoms with Crippen LogP contribution in [0, 0.1) is 0 Å². The Kier molecular flexibility index (Phi) is 19.4. The van der Waals surface area contributed by atoms with Crippen molar-refractivity contribution in [1.82, 2.24) is 26.6 Å². The lowest BCUT2D eigenvalue weighted by atomic mass is 10.1. The normalized spacial score (nSPS) is 14.4. The van der Waals surface area contributed by atoms with E-state index in [9.17, 15) is 58.2 Å². The van der Waals surface area contributed by atoms with Crippen LogP contribution in [0.5, 0.6) is 0 Å². The summed E-state index contributed by atoms with van der Waals surface area (Å²) in [7, 11) is 0. The Hall–Kier alpha value is -5.03. The summed E-state index contributed by atoms with van der Waals surface area (Å²) < 4.78 is 0. The summed E-state index contributed by atoms with van der Waals surface area (Å²) in [6.07, 6.45) is -3.76. The first kappa shape index (κ1) is 43.0. The average Bonchev–Trinajstić information content (AvgIpc) is 2.99. The second kappa shape index (κ2) is 21.7. The van der Waals surface area contributed by atoms with Crippen molar-refractivity contribution in [3.8, 4) is 0 Å². The number of aliphatic carboxylic acids is 2. The number of thiol groups is 1. The number of amides is 8. The zero-order valence-electron chi connectivity index (χ0n) is 25.5. The van der Waals surface area contributed by atoms with Crippen LogP contribution in [0.15, 0.2) is 0 Å². The highest BCUT2D eigenvalue weighted by Crippen LogP contribution is 2.05. The molecule has 0 aliphatic carbocycles. The second-order valence-corrected chi connectivity index (χ2v) is 10.6. The van der Waals surface area contributed by atoms with Crippen LogP contribution in [0.4, 0.5) is 0 Å². The molecule has 0 spiro atoms. The molecule has 0 saturated heterocycles. The molecule has 8 amide bonds. The Morgan fingerprint density at radius 3 is 1.31 bits per heavy atom. The van der Waals surface area contributed by atoms with Crippen molar-refractivity contribution >= 4 is 71.8 Å².